The second-order valence-electron chi connectivity index (χ2n) is 6.41. The Morgan fingerprint density at radius 2 is 2.00 bits per heavy atom. The van der Waals surface area contributed by atoms with Crippen molar-refractivity contribution in [3.05, 3.63) is 69.1 Å². The van der Waals surface area contributed by atoms with E-state index in [1.165, 1.54) is 22.5 Å². The van der Waals surface area contributed by atoms with E-state index in [4.69, 9.17) is 23.2 Å². The van der Waals surface area contributed by atoms with Gasteiger partial charge in [-0.25, -0.2) is 9.98 Å². The maximum atomic E-state index is 13.1. The van der Waals surface area contributed by atoms with Crippen LogP contribution >= 0.6 is 35.0 Å². The van der Waals surface area contributed by atoms with E-state index >= 15 is 0 Å². The topological polar surface area (TPSA) is 67.6 Å². The van der Waals surface area contributed by atoms with Crippen molar-refractivity contribution < 1.29 is 4.79 Å². The van der Waals surface area contributed by atoms with E-state index in [9.17, 15) is 9.59 Å². The Hall–Kier alpha value is -2.35. The summed E-state index contributed by atoms with van der Waals surface area (Å²) in [6, 6.07) is 12.3. The number of nitrogens with zero attached hydrogens (tertiary/aromatic N) is 4. The number of carbonyl (C=O) groups excluding carboxylic acids is 1. The lowest BCUT2D eigenvalue weighted by molar-refractivity contribution is -0.127. The molecule has 0 bridgehead atoms. The molecule has 2 heterocycles. The first-order valence-corrected chi connectivity index (χ1v) is 10.7. The molecule has 1 aliphatic rings. The lowest BCUT2D eigenvalue weighted by atomic mass is 10.3. The number of aromatic nitrogens is 2. The number of thioether (sulfide) groups is 1. The second-order valence-corrected chi connectivity index (χ2v) is 8.29. The molecule has 3 aromatic rings. The zero-order chi connectivity index (χ0) is 20.4. The van der Waals surface area contributed by atoms with Crippen LogP contribution in [0.5, 0.6) is 0 Å². The summed E-state index contributed by atoms with van der Waals surface area (Å²) in [6.45, 7) is 0.465. The zero-order valence-electron chi connectivity index (χ0n) is 15.2. The highest BCUT2D eigenvalue weighted by Crippen LogP contribution is 2.29. The Morgan fingerprint density at radius 1 is 1.17 bits per heavy atom. The van der Waals surface area contributed by atoms with Crippen molar-refractivity contribution in [2.24, 2.45) is 4.99 Å². The quantitative estimate of drug-likeness (QED) is 0.599. The summed E-state index contributed by atoms with van der Waals surface area (Å²) in [5.74, 6) is 0.664. The van der Waals surface area contributed by atoms with Crippen molar-refractivity contribution in [1.29, 1.82) is 0 Å². The summed E-state index contributed by atoms with van der Waals surface area (Å²) in [7, 11) is 0. The maximum absolute atomic E-state index is 13.1. The van der Waals surface area contributed by atoms with Gasteiger partial charge in [0, 0.05) is 12.3 Å². The Kier molecular flexibility index (Phi) is 5.89. The van der Waals surface area contributed by atoms with E-state index in [2.05, 4.69) is 9.98 Å². The van der Waals surface area contributed by atoms with Crippen LogP contribution < -0.4 is 5.56 Å². The van der Waals surface area contributed by atoms with E-state index < -0.39 is 0 Å². The summed E-state index contributed by atoms with van der Waals surface area (Å²) in [6.07, 6.45) is 2.09. The molecule has 1 fully saturated rings. The molecule has 0 saturated carbocycles. The van der Waals surface area contributed by atoms with Gasteiger partial charge in [-0.1, -0.05) is 47.1 Å². The third kappa shape index (κ3) is 4.32. The molecule has 0 radical (unpaired) electrons. The minimum atomic E-state index is -0.315. The summed E-state index contributed by atoms with van der Waals surface area (Å²) >= 11 is 13.5. The van der Waals surface area contributed by atoms with Crippen LogP contribution in [0, 0.1) is 0 Å². The zero-order valence-corrected chi connectivity index (χ0v) is 17.5. The monoisotopic (exact) mass is 446 g/mol. The highest BCUT2D eigenvalue weighted by Gasteiger charge is 2.24. The highest BCUT2D eigenvalue weighted by molar-refractivity contribution is 8.13. The molecule has 1 aromatic heterocycles. The van der Waals surface area contributed by atoms with E-state index in [0.717, 1.165) is 12.2 Å². The summed E-state index contributed by atoms with van der Waals surface area (Å²) < 4.78 is 1.45. The fourth-order valence-corrected chi connectivity index (χ4v) is 4.31. The minimum absolute atomic E-state index is 0.0805. The van der Waals surface area contributed by atoms with Gasteiger partial charge in [0.25, 0.3) is 5.56 Å². The maximum Gasteiger partial charge on any atom is 0.269 e. The average molecular weight is 447 g/mol. The van der Waals surface area contributed by atoms with Crippen molar-refractivity contribution in [2.45, 2.75) is 13.0 Å². The van der Waals surface area contributed by atoms with Crippen LogP contribution in [0.15, 0.2) is 58.4 Å². The number of fused-ring (bicyclic) bond motifs is 1. The van der Waals surface area contributed by atoms with Crippen LogP contribution in [0.4, 0.5) is 5.69 Å². The van der Waals surface area contributed by atoms with E-state index in [0.29, 0.717) is 38.5 Å². The second kappa shape index (κ2) is 8.57. The van der Waals surface area contributed by atoms with Gasteiger partial charge in [0.1, 0.15) is 6.54 Å². The van der Waals surface area contributed by atoms with Gasteiger partial charge in [-0.2, -0.15) is 0 Å². The molecule has 1 aliphatic heterocycles. The summed E-state index contributed by atoms with van der Waals surface area (Å²) in [5.41, 5.74) is 1.59. The first-order chi connectivity index (χ1) is 14.0. The standard InChI is InChI=1S/C20H16Cl2N4O2S/c21-14-7-6-13(10-15(14)22)24-20-25(8-3-9-29-20)19(28)12-26-17-5-2-1-4-16(17)23-11-18(26)27/h1-2,4-7,10-11H,3,8-9,12H2. The number of aliphatic imine (C=N–C) groups is 1. The largest absolute Gasteiger partial charge is 0.296 e. The number of para-hydroxylation sites is 2. The molecular weight excluding hydrogens is 431 g/mol. The van der Waals surface area contributed by atoms with Gasteiger partial charge in [0.2, 0.25) is 5.91 Å². The predicted octanol–water partition coefficient (Wildman–Crippen LogP) is 4.36. The number of hydrogen-bond acceptors (Lipinski definition) is 5. The predicted molar refractivity (Wildman–Crippen MR) is 118 cm³/mol. The molecule has 0 atom stereocenters. The van der Waals surface area contributed by atoms with Crippen LogP contribution in [-0.4, -0.2) is 37.8 Å². The molecule has 1 saturated heterocycles. The Morgan fingerprint density at radius 3 is 2.83 bits per heavy atom. The number of amides is 1. The SMILES string of the molecule is O=C(Cn1c(=O)cnc2ccccc21)N1CCCSC1=Nc1ccc(Cl)c(Cl)c1. The number of rotatable bonds is 3. The van der Waals surface area contributed by atoms with Gasteiger partial charge >= 0.3 is 0 Å². The molecule has 6 nitrogen and oxygen atoms in total. The van der Waals surface area contributed by atoms with Crippen LogP contribution in [-0.2, 0) is 11.3 Å². The first-order valence-electron chi connectivity index (χ1n) is 8.94. The van der Waals surface area contributed by atoms with Crippen molar-refractivity contribution >= 4 is 62.8 Å². The number of carbonyl (C=O) groups is 1. The molecule has 2 aromatic carbocycles. The average Bonchev–Trinajstić information content (AvgIpc) is 2.73. The molecule has 0 aliphatic carbocycles. The molecule has 0 N–H and O–H groups in total. The van der Waals surface area contributed by atoms with Crippen molar-refractivity contribution in [2.75, 3.05) is 12.3 Å². The molecular formula is C20H16Cl2N4O2S. The van der Waals surface area contributed by atoms with Gasteiger partial charge in [0.15, 0.2) is 5.17 Å². The van der Waals surface area contributed by atoms with Crippen LogP contribution in [0.1, 0.15) is 6.42 Å². The fourth-order valence-electron chi connectivity index (χ4n) is 3.05. The number of benzene rings is 2. The minimum Gasteiger partial charge on any atom is -0.296 e. The molecule has 29 heavy (non-hydrogen) atoms. The highest BCUT2D eigenvalue weighted by atomic mass is 35.5. The van der Waals surface area contributed by atoms with Crippen LogP contribution in [0.3, 0.4) is 0 Å². The summed E-state index contributed by atoms with van der Waals surface area (Å²) in [5, 5.41) is 1.44. The molecule has 148 valence electrons. The van der Waals surface area contributed by atoms with Gasteiger partial charge < -0.3 is 0 Å². The Bertz CT molecular complexity index is 1180. The third-order valence-corrected chi connectivity index (χ3v) is 6.26. The third-order valence-electron chi connectivity index (χ3n) is 4.46. The van der Waals surface area contributed by atoms with Crippen LogP contribution in [0.2, 0.25) is 10.0 Å². The van der Waals surface area contributed by atoms with Gasteiger partial charge in [-0.3, -0.25) is 19.1 Å². The van der Waals surface area contributed by atoms with Gasteiger partial charge in [0.05, 0.1) is 33.0 Å². The fraction of sp³-hybridized carbons (Fsp3) is 0.200. The molecule has 9 heteroatoms. The molecule has 1 amide bonds. The number of halogens is 2. The molecule has 0 spiro atoms. The van der Waals surface area contributed by atoms with Gasteiger partial charge in [-0.15, -0.1) is 0 Å². The lowest BCUT2D eigenvalue weighted by Gasteiger charge is -2.28. The van der Waals surface area contributed by atoms with Crippen LogP contribution in [0.25, 0.3) is 11.0 Å². The van der Waals surface area contributed by atoms with E-state index in [-0.39, 0.29) is 18.0 Å². The smallest absolute Gasteiger partial charge is 0.269 e. The van der Waals surface area contributed by atoms with Crippen molar-refractivity contribution in [1.82, 2.24) is 14.5 Å². The number of hydrogen-bond donors (Lipinski definition) is 0. The van der Waals surface area contributed by atoms with Crippen molar-refractivity contribution in [3.8, 4) is 0 Å². The molecule has 4 rings (SSSR count). The normalized spacial score (nSPS) is 15.8. The van der Waals surface area contributed by atoms with E-state index in [1.807, 2.05) is 18.2 Å². The Labute approximate surface area is 181 Å². The first kappa shape index (κ1) is 19.9. The Balaban J connectivity index is 1.65. The van der Waals surface area contributed by atoms with Gasteiger partial charge in [-0.05, 0) is 36.8 Å². The van der Waals surface area contributed by atoms with Crippen molar-refractivity contribution in [3.63, 3.8) is 0 Å². The molecule has 0 unspecified atom stereocenters. The van der Waals surface area contributed by atoms with E-state index in [1.54, 1.807) is 29.2 Å². The summed E-state index contributed by atoms with van der Waals surface area (Å²) in [4.78, 5) is 35.8. The lowest BCUT2D eigenvalue weighted by Crippen LogP contribution is -2.42. The number of amidine groups is 1.